The highest BCUT2D eigenvalue weighted by Gasteiger charge is 2.08. The maximum Gasteiger partial charge on any atom is 0.257 e. The van der Waals surface area contributed by atoms with E-state index in [-0.39, 0.29) is 11.5 Å². The first kappa shape index (κ1) is 13.0. The first-order valence-corrected chi connectivity index (χ1v) is 6.04. The Balaban J connectivity index is 2.18. The summed E-state index contributed by atoms with van der Waals surface area (Å²) in [6.45, 7) is 4.38. The van der Waals surface area contributed by atoms with Crippen molar-refractivity contribution in [3.63, 3.8) is 0 Å². The van der Waals surface area contributed by atoms with E-state index in [1.165, 1.54) is 10.6 Å². The van der Waals surface area contributed by atoms with Crippen LogP contribution in [0.15, 0.2) is 41.5 Å². The van der Waals surface area contributed by atoms with Crippen LogP contribution in [0.1, 0.15) is 22.8 Å². The molecule has 0 aliphatic carbocycles. The number of nitrogens with one attached hydrogen (secondary N) is 1. The highest BCUT2D eigenvalue weighted by atomic mass is 16.2. The van der Waals surface area contributed by atoms with Gasteiger partial charge in [-0.1, -0.05) is 6.07 Å². The van der Waals surface area contributed by atoms with Gasteiger partial charge in [0.1, 0.15) is 5.82 Å². The van der Waals surface area contributed by atoms with Gasteiger partial charge in [0.25, 0.3) is 11.5 Å². The smallest absolute Gasteiger partial charge is 0.257 e. The van der Waals surface area contributed by atoms with Gasteiger partial charge in [0, 0.05) is 30.6 Å². The fourth-order valence-electron chi connectivity index (χ4n) is 1.64. The van der Waals surface area contributed by atoms with E-state index in [2.05, 4.69) is 10.3 Å². The van der Waals surface area contributed by atoms with Gasteiger partial charge in [-0.15, -0.1) is 0 Å². The molecule has 0 fully saturated rings. The number of rotatable bonds is 3. The average Bonchev–Trinajstić information content (AvgIpc) is 2.41. The van der Waals surface area contributed by atoms with Gasteiger partial charge >= 0.3 is 0 Å². The Bertz CT molecular complexity index is 644. The molecular formula is C14H15N3O2. The van der Waals surface area contributed by atoms with Crippen molar-refractivity contribution < 1.29 is 4.79 Å². The number of nitrogens with zero attached hydrogens (tertiary/aromatic N) is 2. The first-order valence-electron chi connectivity index (χ1n) is 6.04. The van der Waals surface area contributed by atoms with Crippen molar-refractivity contribution in [3.05, 3.63) is 58.1 Å². The van der Waals surface area contributed by atoms with Crippen molar-refractivity contribution in [2.45, 2.75) is 20.4 Å². The fraction of sp³-hybridized carbons (Fsp3) is 0.214. The normalized spacial score (nSPS) is 10.2. The van der Waals surface area contributed by atoms with Gasteiger partial charge in [0.15, 0.2) is 0 Å². The van der Waals surface area contributed by atoms with Crippen molar-refractivity contribution in [1.82, 2.24) is 9.55 Å². The Morgan fingerprint density at radius 3 is 2.74 bits per heavy atom. The van der Waals surface area contributed by atoms with Crippen molar-refractivity contribution in [1.29, 1.82) is 0 Å². The SMILES string of the molecule is CCn1ccc(C(=O)Nc2ccc(C)cn2)cc1=O. The van der Waals surface area contributed by atoms with Crippen LogP contribution in [0.3, 0.4) is 0 Å². The molecule has 19 heavy (non-hydrogen) atoms. The third kappa shape index (κ3) is 3.07. The predicted molar refractivity (Wildman–Crippen MR) is 73.3 cm³/mol. The van der Waals surface area contributed by atoms with Crippen LogP contribution in [0.25, 0.3) is 0 Å². The molecule has 0 spiro atoms. The summed E-state index contributed by atoms with van der Waals surface area (Å²) in [7, 11) is 0. The highest BCUT2D eigenvalue weighted by Crippen LogP contribution is 2.06. The van der Waals surface area contributed by atoms with Gasteiger partial charge in [-0.05, 0) is 31.5 Å². The van der Waals surface area contributed by atoms with Gasteiger partial charge < -0.3 is 9.88 Å². The Kier molecular flexibility index (Phi) is 3.75. The van der Waals surface area contributed by atoms with Crippen LogP contribution in [0, 0.1) is 6.92 Å². The van der Waals surface area contributed by atoms with Crippen molar-refractivity contribution in [3.8, 4) is 0 Å². The van der Waals surface area contributed by atoms with Gasteiger partial charge in [0.05, 0.1) is 0 Å². The van der Waals surface area contributed by atoms with Crippen LogP contribution in [-0.2, 0) is 6.54 Å². The lowest BCUT2D eigenvalue weighted by molar-refractivity contribution is 0.102. The molecule has 2 aromatic rings. The van der Waals surface area contributed by atoms with Crippen LogP contribution in [0.2, 0.25) is 0 Å². The molecular weight excluding hydrogens is 242 g/mol. The second kappa shape index (κ2) is 5.48. The summed E-state index contributed by atoms with van der Waals surface area (Å²) in [6, 6.07) is 6.53. The molecule has 0 aliphatic heterocycles. The quantitative estimate of drug-likeness (QED) is 0.912. The highest BCUT2D eigenvalue weighted by molar-refractivity contribution is 6.03. The lowest BCUT2D eigenvalue weighted by atomic mass is 10.2. The molecule has 0 aromatic carbocycles. The van der Waals surface area contributed by atoms with Crippen molar-refractivity contribution >= 4 is 11.7 Å². The van der Waals surface area contributed by atoms with Crippen molar-refractivity contribution in [2.24, 2.45) is 0 Å². The molecule has 5 nitrogen and oxygen atoms in total. The van der Waals surface area contributed by atoms with Crippen LogP contribution in [-0.4, -0.2) is 15.5 Å². The second-order valence-corrected chi connectivity index (χ2v) is 4.21. The summed E-state index contributed by atoms with van der Waals surface area (Å²) in [5.41, 5.74) is 1.16. The molecule has 2 aromatic heterocycles. The van der Waals surface area contributed by atoms with Gasteiger partial charge in [-0.3, -0.25) is 9.59 Å². The number of aromatic nitrogens is 2. The lowest BCUT2D eigenvalue weighted by Crippen LogP contribution is -2.21. The molecule has 98 valence electrons. The van der Waals surface area contributed by atoms with Gasteiger partial charge in [0.2, 0.25) is 0 Å². The van der Waals surface area contributed by atoms with E-state index in [4.69, 9.17) is 0 Å². The molecule has 0 atom stereocenters. The minimum Gasteiger partial charge on any atom is -0.316 e. The third-order valence-corrected chi connectivity index (χ3v) is 2.75. The minimum absolute atomic E-state index is 0.188. The molecule has 0 saturated carbocycles. The summed E-state index contributed by atoms with van der Waals surface area (Å²) < 4.78 is 1.53. The largest absolute Gasteiger partial charge is 0.316 e. The standard InChI is InChI=1S/C14H15N3O2/c1-3-17-7-6-11(8-13(17)18)14(19)16-12-5-4-10(2)9-15-12/h4-9H,3H2,1-2H3,(H,15,16,19). The second-order valence-electron chi connectivity index (χ2n) is 4.21. The molecule has 0 saturated heterocycles. The number of pyridine rings is 2. The molecule has 0 unspecified atom stereocenters. The molecule has 0 bridgehead atoms. The maximum atomic E-state index is 12.0. The monoisotopic (exact) mass is 257 g/mol. The molecule has 1 N–H and O–H groups in total. The number of anilines is 1. The number of amides is 1. The van der Waals surface area contributed by atoms with Crippen molar-refractivity contribution in [2.75, 3.05) is 5.32 Å². The fourth-order valence-corrected chi connectivity index (χ4v) is 1.64. The van der Waals surface area contributed by atoms with E-state index in [1.807, 2.05) is 19.9 Å². The zero-order valence-corrected chi connectivity index (χ0v) is 10.9. The zero-order chi connectivity index (χ0) is 13.8. The van der Waals surface area contributed by atoms with Crippen LogP contribution >= 0.6 is 0 Å². The Labute approximate surface area is 110 Å². The number of carbonyl (C=O) groups excluding carboxylic acids is 1. The lowest BCUT2D eigenvalue weighted by Gasteiger charge is -2.06. The number of hydrogen-bond acceptors (Lipinski definition) is 3. The summed E-state index contributed by atoms with van der Waals surface area (Å²) in [5.74, 6) is 0.131. The Morgan fingerprint density at radius 2 is 2.16 bits per heavy atom. The molecule has 2 heterocycles. The number of aryl methyl sites for hydroxylation is 2. The molecule has 0 radical (unpaired) electrons. The summed E-state index contributed by atoms with van der Waals surface area (Å²) in [6.07, 6.45) is 3.28. The number of carbonyl (C=O) groups is 1. The van der Waals surface area contributed by atoms with E-state index < -0.39 is 0 Å². The summed E-state index contributed by atoms with van der Waals surface area (Å²) in [4.78, 5) is 27.7. The van der Waals surface area contributed by atoms with Crippen LogP contribution in [0.4, 0.5) is 5.82 Å². The summed E-state index contributed by atoms with van der Waals surface area (Å²) >= 11 is 0. The summed E-state index contributed by atoms with van der Waals surface area (Å²) in [5, 5.41) is 2.65. The molecule has 5 heteroatoms. The Morgan fingerprint density at radius 1 is 1.37 bits per heavy atom. The maximum absolute atomic E-state index is 12.0. The molecule has 1 amide bonds. The van der Waals surface area contributed by atoms with E-state index in [1.54, 1.807) is 24.5 Å². The van der Waals surface area contributed by atoms with E-state index >= 15 is 0 Å². The van der Waals surface area contributed by atoms with E-state index in [0.717, 1.165) is 5.56 Å². The third-order valence-electron chi connectivity index (χ3n) is 2.75. The van der Waals surface area contributed by atoms with Gasteiger partial charge in [-0.2, -0.15) is 0 Å². The topological polar surface area (TPSA) is 64.0 Å². The van der Waals surface area contributed by atoms with E-state index in [0.29, 0.717) is 17.9 Å². The van der Waals surface area contributed by atoms with Crippen LogP contribution < -0.4 is 10.9 Å². The molecule has 2 rings (SSSR count). The average molecular weight is 257 g/mol. The van der Waals surface area contributed by atoms with Gasteiger partial charge in [-0.25, -0.2) is 4.98 Å². The van der Waals surface area contributed by atoms with Crippen LogP contribution in [0.5, 0.6) is 0 Å². The molecule has 0 aliphatic rings. The minimum atomic E-state index is -0.336. The first-order chi connectivity index (χ1) is 9.10. The zero-order valence-electron chi connectivity index (χ0n) is 10.9. The Hall–Kier alpha value is -2.43. The number of hydrogen-bond donors (Lipinski definition) is 1. The van der Waals surface area contributed by atoms with E-state index in [9.17, 15) is 9.59 Å². The predicted octanol–water partition coefficient (Wildman–Crippen LogP) is 1.82.